The summed E-state index contributed by atoms with van der Waals surface area (Å²) in [6, 6.07) is 14.7. The molecule has 9 rings (SSSR count). The topological polar surface area (TPSA) is 0 Å². The van der Waals surface area contributed by atoms with Gasteiger partial charge in [-0.15, -0.1) is 0 Å². The maximum absolute atomic E-state index is 12.5. The van der Waals surface area contributed by atoms with E-state index < -0.39 is 23.9 Å². The number of rotatable bonds is 4. The highest BCUT2D eigenvalue weighted by molar-refractivity contribution is 5.36. The lowest BCUT2D eigenvalue weighted by Crippen LogP contribution is -2.32. The summed E-state index contributed by atoms with van der Waals surface area (Å²) in [7, 11) is 0. The normalized spacial score (nSPS) is 23.3. The van der Waals surface area contributed by atoms with Gasteiger partial charge in [-0.3, -0.25) is 0 Å². The van der Waals surface area contributed by atoms with Crippen LogP contribution >= 0.6 is 0 Å². The number of benzene rings is 2. The summed E-state index contributed by atoms with van der Waals surface area (Å²) in [5.41, 5.74) is 11.6. The van der Waals surface area contributed by atoms with E-state index in [1.54, 1.807) is 32.6 Å². The Bertz CT molecular complexity index is 2070. The molecule has 0 aliphatic heterocycles. The summed E-state index contributed by atoms with van der Waals surface area (Å²) in [6.45, 7) is 57.7. The molecule has 7 saturated carbocycles. The van der Waals surface area contributed by atoms with E-state index in [0.29, 0.717) is 70.5 Å². The molecule has 548 valence electrons. The minimum Gasteiger partial charge on any atom is -0.207 e. The van der Waals surface area contributed by atoms with Gasteiger partial charge in [-0.2, -0.15) is 13.2 Å². The molecule has 1 spiro atoms. The van der Waals surface area contributed by atoms with E-state index in [1.807, 2.05) is 25.1 Å². The Labute approximate surface area is 575 Å². The molecule has 2 aromatic rings. The second kappa shape index (κ2) is 41.5. The van der Waals surface area contributed by atoms with Crippen molar-refractivity contribution in [1.29, 1.82) is 0 Å². The van der Waals surface area contributed by atoms with Crippen LogP contribution in [0.1, 0.15) is 385 Å². The molecule has 2 aromatic carbocycles. The lowest BCUT2D eigenvalue weighted by atomic mass is 9.62. The largest absolute Gasteiger partial charge is 0.391 e. The average molecular weight is 1320 g/mol. The van der Waals surface area contributed by atoms with E-state index in [2.05, 4.69) is 184 Å². The number of hydrogen-bond acceptors (Lipinski definition) is 0. The van der Waals surface area contributed by atoms with Crippen molar-refractivity contribution in [3.63, 3.8) is 0 Å². The fraction of sp³-hybridized carbons (Fsp3) is 0.860. The Morgan fingerprint density at radius 1 is 0.419 bits per heavy atom. The molecule has 93 heavy (non-hydrogen) atoms. The zero-order valence-electron chi connectivity index (χ0n) is 66.3. The SMILES string of the molecule is CC1(C)CCC(C)(C)CC1.CC1(C)CCC(F)(F)CC1.CC1(C)CCCCC1.CC1CC(C)(C)CC(C)(C)C1.CC1CCC(F)(F)CC1.CC1CCC2(CCCCC2)CC1.CCC(C)(C)CC.CCCC(C)C(F)(F)F.Cc1cc(C)c(C)c(C)c1.Cc1ccccc1. The predicted molar refractivity (Wildman–Crippen MR) is 397 cm³/mol. The van der Waals surface area contributed by atoms with Gasteiger partial charge in [0.25, 0.3) is 0 Å². The lowest BCUT2D eigenvalue weighted by Gasteiger charge is -2.44. The molecule has 7 fully saturated rings. The molecular formula is C86H155F7. The van der Waals surface area contributed by atoms with Gasteiger partial charge in [0, 0.05) is 25.7 Å². The Kier molecular flexibility index (Phi) is 40.6. The first-order chi connectivity index (χ1) is 42.4. The first kappa shape index (κ1) is 91.0. The van der Waals surface area contributed by atoms with Crippen LogP contribution < -0.4 is 0 Å². The standard InChI is InChI=1S/C12H22.C11H22.C10H20.C10H14.C8H14F2.C8H16.C7H12F2.C7H8.C7H16.C6H11F3/c1-11-5-9-12(10-6-11)7-3-2-4-8-12;1-9-6-10(2,3)8-11(4,5)7-9;1-9(2)5-7-10(3,4)8-6-9;1-7-5-8(2)10(4)9(3)6-7;1-7(2)3-5-8(9,10)6-4-7;1-8(2)6-4-3-5-7-8;1-6-2-4-7(8,9)5-3-6;1-7-5-3-2-4-6-7;1-5-7(3,4)6-2;1-3-4-5(2)6(7,8)9/h11H,2-10H2,1H3;9H,6-8H2,1-5H3;5-8H2,1-4H3;5-6H,1-4H3;3-6H2,1-2H3;3-7H2,1-2H3;6H,2-5H2,1H3;2-6H,1H3;5-6H2,1-4H3;5H,3-4H2,1-2H3. The van der Waals surface area contributed by atoms with E-state index in [9.17, 15) is 30.7 Å². The number of aryl methyl sites for hydroxylation is 4. The minimum atomic E-state index is -3.99. The van der Waals surface area contributed by atoms with E-state index >= 15 is 0 Å². The van der Waals surface area contributed by atoms with Crippen molar-refractivity contribution in [3.05, 3.63) is 70.3 Å². The van der Waals surface area contributed by atoms with Crippen molar-refractivity contribution < 1.29 is 30.7 Å². The van der Waals surface area contributed by atoms with Gasteiger partial charge >= 0.3 is 6.18 Å². The third-order valence-electron chi connectivity index (χ3n) is 22.7. The predicted octanol–water partition coefficient (Wildman–Crippen LogP) is 31.4. The summed E-state index contributed by atoms with van der Waals surface area (Å²) >= 11 is 0. The van der Waals surface area contributed by atoms with Crippen LogP contribution in [0.5, 0.6) is 0 Å². The molecule has 7 aliphatic carbocycles. The van der Waals surface area contributed by atoms with Gasteiger partial charge in [0.1, 0.15) is 0 Å². The first-order valence-electron chi connectivity index (χ1n) is 38.2. The molecule has 7 heteroatoms. The van der Waals surface area contributed by atoms with Gasteiger partial charge in [0.15, 0.2) is 0 Å². The highest BCUT2D eigenvalue weighted by Crippen LogP contribution is 2.50. The Morgan fingerprint density at radius 2 is 0.753 bits per heavy atom. The van der Waals surface area contributed by atoms with Crippen LogP contribution in [0, 0.1) is 102 Å². The molecule has 0 amide bonds. The van der Waals surface area contributed by atoms with Gasteiger partial charge in [0.2, 0.25) is 11.8 Å². The van der Waals surface area contributed by atoms with Crippen LogP contribution in [-0.4, -0.2) is 18.0 Å². The van der Waals surface area contributed by atoms with Gasteiger partial charge in [-0.05, 0) is 228 Å². The smallest absolute Gasteiger partial charge is 0.207 e. The first-order valence-corrected chi connectivity index (χ1v) is 38.2. The fourth-order valence-electron chi connectivity index (χ4n) is 14.8. The highest BCUT2D eigenvalue weighted by Gasteiger charge is 2.40. The average Bonchev–Trinajstić information content (AvgIpc) is 1.02. The van der Waals surface area contributed by atoms with Crippen LogP contribution in [-0.2, 0) is 0 Å². The van der Waals surface area contributed by atoms with Crippen molar-refractivity contribution in [2.24, 2.45) is 67.0 Å². The molecule has 0 nitrogen and oxygen atoms in total. The van der Waals surface area contributed by atoms with Crippen LogP contribution in [0.25, 0.3) is 0 Å². The van der Waals surface area contributed by atoms with E-state index in [4.69, 9.17) is 0 Å². The van der Waals surface area contributed by atoms with Gasteiger partial charge < -0.3 is 0 Å². The van der Waals surface area contributed by atoms with Crippen LogP contribution in [0.2, 0.25) is 0 Å². The molecule has 0 bridgehead atoms. The summed E-state index contributed by atoms with van der Waals surface area (Å²) in [4.78, 5) is 0. The second-order valence-corrected chi connectivity index (χ2v) is 37.2. The van der Waals surface area contributed by atoms with Crippen LogP contribution in [0.3, 0.4) is 0 Å². The third kappa shape index (κ3) is 44.6. The minimum absolute atomic E-state index is 0.0833. The number of halogens is 7. The van der Waals surface area contributed by atoms with Gasteiger partial charge in [-0.25, -0.2) is 17.6 Å². The summed E-state index contributed by atoms with van der Waals surface area (Å²) in [5, 5.41) is 0. The molecule has 0 saturated heterocycles. The number of alkyl halides is 7. The number of hydrogen-bond donors (Lipinski definition) is 0. The molecule has 0 aromatic heterocycles. The monoisotopic (exact) mass is 1320 g/mol. The maximum Gasteiger partial charge on any atom is 0.391 e. The maximum atomic E-state index is 12.5. The van der Waals surface area contributed by atoms with Gasteiger partial charge in [0.05, 0.1) is 5.92 Å². The fourth-order valence-corrected chi connectivity index (χ4v) is 14.8. The van der Waals surface area contributed by atoms with Crippen molar-refractivity contribution in [2.45, 2.75) is 410 Å². The van der Waals surface area contributed by atoms with Gasteiger partial charge in [-0.1, -0.05) is 270 Å². The summed E-state index contributed by atoms with van der Waals surface area (Å²) < 4.78 is 84.8. The zero-order chi connectivity index (χ0) is 72.0. The van der Waals surface area contributed by atoms with Crippen molar-refractivity contribution in [2.75, 3.05) is 0 Å². The molecule has 1 atom stereocenters. The molecular weight excluding hydrogens is 1170 g/mol. The molecule has 1 unspecified atom stereocenters. The zero-order valence-corrected chi connectivity index (χ0v) is 66.3. The Morgan fingerprint density at radius 3 is 1.01 bits per heavy atom. The van der Waals surface area contributed by atoms with E-state index in [-0.39, 0.29) is 37.5 Å². The quantitative estimate of drug-likeness (QED) is 0.268. The van der Waals surface area contributed by atoms with E-state index in [1.165, 1.54) is 157 Å². The van der Waals surface area contributed by atoms with Crippen LogP contribution in [0.15, 0.2) is 42.5 Å². The van der Waals surface area contributed by atoms with Crippen molar-refractivity contribution >= 4 is 0 Å². The third-order valence-corrected chi connectivity index (χ3v) is 22.7. The summed E-state index contributed by atoms with van der Waals surface area (Å²) in [5.74, 6) is -3.37. The van der Waals surface area contributed by atoms with Crippen LogP contribution in [0.4, 0.5) is 30.7 Å². The molecule has 7 aliphatic rings. The molecule has 0 radical (unpaired) electrons. The Balaban J connectivity index is 0.00000102. The highest BCUT2D eigenvalue weighted by atomic mass is 19.4. The Hall–Kier alpha value is -2.05. The molecule has 0 N–H and O–H groups in total. The lowest BCUT2D eigenvalue weighted by molar-refractivity contribution is -0.171. The van der Waals surface area contributed by atoms with E-state index in [0.717, 1.165) is 17.3 Å². The van der Waals surface area contributed by atoms with Crippen molar-refractivity contribution in [3.8, 4) is 0 Å². The summed E-state index contributed by atoms with van der Waals surface area (Å²) in [6.07, 6.45) is 33.5. The van der Waals surface area contributed by atoms with Crippen molar-refractivity contribution in [1.82, 2.24) is 0 Å². The molecule has 0 heterocycles. The second-order valence-electron chi connectivity index (χ2n) is 37.2.